The topological polar surface area (TPSA) is 88.6 Å². The van der Waals surface area contributed by atoms with Crippen LogP contribution in [0.2, 0.25) is 0 Å². The first kappa shape index (κ1) is 27.6. The van der Waals surface area contributed by atoms with E-state index in [2.05, 4.69) is 20.5 Å². The maximum absolute atomic E-state index is 12.7. The second kappa shape index (κ2) is 13.4. The molecule has 0 unspecified atom stereocenters. The molecular weight excluding hydrogens is 522 g/mol. The summed E-state index contributed by atoms with van der Waals surface area (Å²) < 4.78 is 11.3. The highest BCUT2D eigenvalue weighted by molar-refractivity contribution is 7.17. The molecule has 1 fully saturated rings. The molecule has 1 aliphatic heterocycles. The number of ether oxygens (including phenoxy) is 2. The smallest absolute Gasteiger partial charge is 0.261 e. The first-order valence-electron chi connectivity index (χ1n) is 13.6. The van der Waals surface area contributed by atoms with E-state index in [9.17, 15) is 4.79 Å². The number of hydrogen-bond donors (Lipinski definition) is 2. The number of nitrogens with one attached hydrogen (secondary N) is 2. The van der Waals surface area contributed by atoms with Crippen molar-refractivity contribution in [3.8, 4) is 22.1 Å². The number of benzene rings is 2. The fourth-order valence-corrected chi connectivity index (χ4v) is 5.56. The summed E-state index contributed by atoms with van der Waals surface area (Å²) in [5.74, 6) is 2.00. The molecule has 0 radical (unpaired) electrons. The average Bonchev–Trinajstić information content (AvgIpc) is 3.49. The van der Waals surface area contributed by atoms with Gasteiger partial charge in [0.05, 0.1) is 22.6 Å². The molecule has 1 aliphatic rings. The zero-order chi connectivity index (χ0) is 27.7. The quantitative estimate of drug-likeness (QED) is 0.232. The number of thiophene rings is 1. The molecule has 1 amide bonds. The number of piperidine rings is 1. The lowest BCUT2D eigenvalue weighted by molar-refractivity contribution is 0.0955. The Morgan fingerprint density at radius 1 is 1.02 bits per heavy atom. The van der Waals surface area contributed by atoms with Gasteiger partial charge in [0.15, 0.2) is 0 Å². The number of anilines is 2. The molecule has 2 N–H and O–H groups in total. The minimum Gasteiger partial charge on any atom is -0.497 e. The van der Waals surface area contributed by atoms with E-state index < -0.39 is 0 Å². The number of amides is 1. The molecule has 4 aromatic rings. The predicted molar refractivity (Wildman–Crippen MR) is 160 cm³/mol. The summed E-state index contributed by atoms with van der Waals surface area (Å²) in [4.78, 5) is 25.8. The maximum Gasteiger partial charge on any atom is 0.261 e. The zero-order valence-corrected chi connectivity index (χ0v) is 23.8. The second-order valence-corrected chi connectivity index (χ2v) is 10.9. The Kier molecular flexibility index (Phi) is 9.26. The highest BCUT2D eigenvalue weighted by Gasteiger charge is 2.13. The van der Waals surface area contributed by atoms with Crippen LogP contribution in [0.15, 0.2) is 66.9 Å². The van der Waals surface area contributed by atoms with Crippen molar-refractivity contribution in [2.45, 2.75) is 32.7 Å². The van der Waals surface area contributed by atoms with Crippen LogP contribution in [0, 0.1) is 6.92 Å². The Bertz CT molecular complexity index is 1430. The van der Waals surface area contributed by atoms with Crippen molar-refractivity contribution in [1.82, 2.24) is 20.2 Å². The fourth-order valence-electron chi connectivity index (χ4n) is 4.67. The Labute approximate surface area is 239 Å². The SMILES string of the molecule is COc1cccc(CNC(=O)c2ccc(-c3ccnc(Nc4ccc(OCCN5CCCCC5)cc4C)n3)s2)c1. The summed E-state index contributed by atoms with van der Waals surface area (Å²) in [5, 5.41) is 6.30. The predicted octanol–water partition coefficient (Wildman–Crippen LogP) is 6.06. The normalized spacial score (nSPS) is 13.6. The summed E-state index contributed by atoms with van der Waals surface area (Å²) in [6.45, 7) is 6.47. The standard InChI is InChI=1S/C31H35N5O3S/c1-22-19-25(39-18-17-36-15-4-3-5-16-36)9-10-26(22)34-31-32-14-13-27(35-31)28-11-12-29(40-28)30(37)33-21-23-7-6-8-24(20-23)38-2/h6-14,19-20H,3-5,15-18,21H2,1-2H3,(H,33,37)(H,32,34,35). The van der Waals surface area contributed by atoms with Crippen LogP contribution < -0.4 is 20.1 Å². The molecule has 0 atom stereocenters. The van der Waals surface area contributed by atoms with E-state index in [1.54, 1.807) is 13.3 Å². The Morgan fingerprint density at radius 3 is 2.73 bits per heavy atom. The van der Waals surface area contributed by atoms with Crippen LogP contribution in [0.1, 0.15) is 40.1 Å². The number of likely N-dealkylation sites (tertiary alicyclic amines) is 1. The van der Waals surface area contributed by atoms with E-state index in [0.717, 1.165) is 45.4 Å². The van der Waals surface area contributed by atoms with Gasteiger partial charge in [-0.25, -0.2) is 9.97 Å². The van der Waals surface area contributed by atoms with Crippen LogP contribution in [0.5, 0.6) is 11.5 Å². The molecule has 3 heterocycles. The van der Waals surface area contributed by atoms with Crippen LogP contribution in [-0.4, -0.2) is 54.1 Å². The highest BCUT2D eigenvalue weighted by Crippen LogP contribution is 2.29. The lowest BCUT2D eigenvalue weighted by Gasteiger charge is -2.26. The van der Waals surface area contributed by atoms with Crippen LogP contribution >= 0.6 is 11.3 Å². The van der Waals surface area contributed by atoms with Crippen LogP contribution in [0.25, 0.3) is 10.6 Å². The van der Waals surface area contributed by atoms with E-state index >= 15 is 0 Å². The third-order valence-electron chi connectivity index (χ3n) is 6.89. The van der Waals surface area contributed by atoms with Gasteiger partial charge in [0.25, 0.3) is 5.91 Å². The van der Waals surface area contributed by atoms with Crippen LogP contribution in [-0.2, 0) is 6.54 Å². The van der Waals surface area contributed by atoms with E-state index in [1.165, 1.54) is 43.7 Å². The Balaban J connectivity index is 1.17. The number of nitrogens with zero attached hydrogens (tertiary/aromatic N) is 3. The van der Waals surface area contributed by atoms with E-state index in [0.29, 0.717) is 24.0 Å². The molecule has 40 heavy (non-hydrogen) atoms. The van der Waals surface area contributed by atoms with E-state index in [-0.39, 0.29) is 5.91 Å². The van der Waals surface area contributed by atoms with Gasteiger partial charge in [0.2, 0.25) is 5.95 Å². The largest absolute Gasteiger partial charge is 0.497 e. The number of hydrogen-bond acceptors (Lipinski definition) is 8. The highest BCUT2D eigenvalue weighted by atomic mass is 32.1. The van der Waals surface area contributed by atoms with Gasteiger partial charge < -0.3 is 20.1 Å². The monoisotopic (exact) mass is 557 g/mol. The van der Waals surface area contributed by atoms with Gasteiger partial charge in [-0.2, -0.15) is 0 Å². The van der Waals surface area contributed by atoms with Gasteiger partial charge in [-0.3, -0.25) is 9.69 Å². The van der Waals surface area contributed by atoms with E-state index in [1.807, 2.05) is 67.6 Å². The van der Waals surface area contributed by atoms with Crippen molar-refractivity contribution in [3.63, 3.8) is 0 Å². The molecule has 2 aromatic heterocycles. The third-order valence-corrected chi connectivity index (χ3v) is 8.00. The molecule has 0 spiro atoms. The van der Waals surface area contributed by atoms with Gasteiger partial charge in [-0.1, -0.05) is 18.6 Å². The zero-order valence-electron chi connectivity index (χ0n) is 23.0. The number of aromatic nitrogens is 2. The van der Waals surface area contributed by atoms with Crippen molar-refractivity contribution in [1.29, 1.82) is 0 Å². The first-order valence-corrected chi connectivity index (χ1v) is 14.5. The molecule has 1 saturated heterocycles. The van der Waals surface area contributed by atoms with Gasteiger partial charge in [0, 0.05) is 25.0 Å². The molecular formula is C31H35N5O3S. The molecule has 208 valence electrons. The average molecular weight is 558 g/mol. The van der Waals surface area contributed by atoms with Gasteiger partial charge in [0.1, 0.15) is 18.1 Å². The molecule has 0 saturated carbocycles. The summed E-state index contributed by atoms with van der Waals surface area (Å²) >= 11 is 1.40. The van der Waals surface area contributed by atoms with Crippen molar-refractivity contribution in [3.05, 3.63) is 82.9 Å². The number of methoxy groups -OCH3 is 1. The molecule has 5 rings (SSSR count). The van der Waals surface area contributed by atoms with Gasteiger partial charge in [-0.15, -0.1) is 11.3 Å². The van der Waals surface area contributed by atoms with Crippen molar-refractivity contribution < 1.29 is 14.3 Å². The lowest BCUT2D eigenvalue weighted by Crippen LogP contribution is -2.33. The minimum atomic E-state index is -0.125. The Morgan fingerprint density at radius 2 is 1.90 bits per heavy atom. The molecule has 2 aromatic carbocycles. The summed E-state index contributed by atoms with van der Waals surface area (Å²) in [6.07, 6.45) is 5.64. The number of carbonyl (C=O) groups excluding carboxylic acids is 1. The van der Waals surface area contributed by atoms with Gasteiger partial charge >= 0.3 is 0 Å². The molecule has 8 nitrogen and oxygen atoms in total. The number of rotatable bonds is 11. The third kappa shape index (κ3) is 7.37. The maximum atomic E-state index is 12.7. The van der Waals surface area contributed by atoms with Crippen molar-refractivity contribution in [2.24, 2.45) is 0 Å². The molecule has 0 aliphatic carbocycles. The number of carbonyl (C=O) groups is 1. The summed E-state index contributed by atoms with van der Waals surface area (Å²) in [5.41, 5.74) is 3.70. The number of aryl methyl sites for hydroxylation is 1. The van der Waals surface area contributed by atoms with E-state index in [4.69, 9.17) is 14.5 Å². The van der Waals surface area contributed by atoms with Crippen molar-refractivity contribution in [2.75, 3.05) is 38.7 Å². The fraction of sp³-hybridized carbons (Fsp3) is 0.323. The van der Waals surface area contributed by atoms with Crippen LogP contribution in [0.3, 0.4) is 0 Å². The molecule has 0 bridgehead atoms. The minimum absolute atomic E-state index is 0.125. The lowest BCUT2D eigenvalue weighted by atomic mass is 10.1. The summed E-state index contributed by atoms with van der Waals surface area (Å²) in [7, 11) is 1.63. The van der Waals surface area contributed by atoms with Gasteiger partial charge in [-0.05, 0) is 92.5 Å². The second-order valence-electron chi connectivity index (χ2n) is 9.82. The first-order chi connectivity index (χ1) is 19.6. The van der Waals surface area contributed by atoms with Crippen LogP contribution in [0.4, 0.5) is 11.6 Å². The molecule has 9 heteroatoms. The summed E-state index contributed by atoms with van der Waals surface area (Å²) in [6, 6.07) is 19.3. The Hall–Kier alpha value is -3.95. The van der Waals surface area contributed by atoms with Crippen molar-refractivity contribution >= 4 is 28.9 Å².